The number of hydrogen-bond donors (Lipinski definition) is 2. The molecule has 0 aliphatic rings. The van der Waals surface area contributed by atoms with Crippen LogP contribution < -0.4 is 10.5 Å². The molecule has 2 aromatic rings. The van der Waals surface area contributed by atoms with Crippen molar-refractivity contribution >= 4 is 22.8 Å². The molecule has 0 aliphatic carbocycles. The van der Waals surface area contributed by atoms with Crippen LogP contribution >= 0.6 is 0 Å². The first-order valence-corrected chi connectivity index (χ1v) is 7.79. The highest BCUT2D eigenvalue weighted by Gasteiger charge is 2.24. The van der Waals surface area contributed by atoms with Crippen LogP contribution in [0.25, 0.3) is 10.9 Å². The summed E-state index contributed by atoms with van der Waals surface area (Å²) in [7, 11) is 1.56. The summed E-state index contributed by atoms with van der Waals surface area (Å²) in [4.78, 5) is 27.1. The minimum Gasteiger partial charge on any atom is -0.497 e. The van der Waals surface area contributed by atoms with Gasteiger partial charge in [0.1, 0.15) is 17.5 Å². The molecule has 3 N–H and O–H groups in total. The zero-order valence-corrected chi connectivity index (χ0v) is 14.0. The van der Waals surface area contributed by atoms with Crippen LogP contribution in [0.4, 0.5) is 0 Å². The third kappa shape index (κ3) is 3.68. The Hall–Kier alpha value is -2.54. The van der Waals surface area contributed by atoms with Gasteiger partial charge in [-0.25, -0.2) is 4.79 Å². The maximum absolute atomic E-state index is 12.2. The summed E-state index contributed by atoms with van der Waals surface area (Å²) in [6.45, 7) is 3.94. The predicted octanol–water partition coefficient (Wildman–Crippen LogP) is 1.79. The Bertz CT molecular complexity index is 738. The normalized spacial score (nSPS) is 12.0. The van der Waals surface area contributed by atoms with E-state index in [1.54, 1.807) is 39.2 Å². The quantitative estimate of drug-likeness (QED) is 0.748. The van der Waals surface area contributed by atoms with Gasteiger partial charge in [0.25, 0.3) is 0 Å². The van der Waals surface area contributed by atoms with E-state index in [-0.39, 0.29) is 19.6 Å². The molecule has 1 aromatic carbocycles. The summed E-state index contributed by atoms with van der Waals surface area (Å²) in [6, 6.07) is 4.50. The topological polar surface area (TPSA) is 104 Å². The highest BCUT2D eigenvalue weighted by atomic mass is 16.5. The van der Waals surface area contributed by atoms with Gasteiger partial charge in [0.2, 0.25) is 0 Å². The third-order valence-electron chi connectivity index (χ3n) is 3.61. The fourth-order valence-electron chi connectivity index (χ4n) is 2.50. The number of carbonyl (C=O) groups is 2. The number of fused-ring (bicyclic) bond motifs is 1. The van der Waals surface area contributed by atoms with Gasteiger partial charge in [-0.1, -0.05) is 0 Å². The minimum atomic E-state index is -0.872. The molecule has 1 atom stereocenters. The number of aromatic amines is 1. The first kappa shape index (κ1) is 17.8. The van der Waals surface area contributed by atoms with Crippen LogP contribution in [0.15, 0.2) is 18.2 Å². The Morgan fingerprint density at radius 3 is 2.54 bits per heavy atom. The van der Waals surface area contributed by atoms with Gasteiger partial charge in [-0.3, -0.25) is 4.79 Å². The van der Waals surface area contributed by atoms with E-state index in [1.807, 2.05) is 0 Å². The van der Waals surface area contributed by atoms with Gasteiger partial charge >= 0.3 is 11.9 Å². The van der Waals surface area contributed by atoms with Crippen LogP contribution in [-0.2, 0) is 20.7 Å². The molecular formula is C17H22N2O5. The smallest absolute Gasteiger partial charge is 0.355 e. The number of hydrogen-bond acceptors (Lipinski definition) is 6. The molecule has 2 rings (SSSR count). The summed E-state index contributed by atoms with van der Waals surface area (Å²) in [5.41, 5.74) is 7.57. The molecule has 24 heavy (non-hydrogen) atoms. The van der Waals surface area contributed by atoms with Gasteiger partial charge < -0.3 is 24.9 Å². The molecule has 0 saturated carbocycles. The van der Waals surface area contributed by atoms with Crippen molar-refractivity contribution in [1.82, 2.24) is 4.98 Å². The van der Waals surface area contributed by atoms with Gasteiger partial charge in [-0.15, -0.1) is 0 Å². The molecule has 0 amide bonds. The number of ether oxygens (including phenoxy) is 3. The van der Waals surface area contributed by atoms with E-state index in [0.29, 0.717) is 17.0 Å². The Morgan fingerprint density at radius 2 is 1.92 bits per heavy atom. The monoisotopic (exact) mass is 334 g/mol. The number of nitrogens with one attached hydrogen (secondary N) is 1. The summed E-state index contributed by atoms with van der Waals surface area (Å²) in [5.74, 6) is -0.355. The Kier molecular flexibility index (Phi) is 5.81. The maximum atomic E-state index is 12.2. The zero-order chi connectivity index (χ0) is 17.7. The summed E-state index contributed by atoms with van der Waals surface area (Å²) < 4.78 is 15.3. The second-order valence-corrected chi connectivity index (χ2v) is 5.17. The molecule has 1 aromatic heterocycles. The van der Waals surface area contributed by atoms with Crippen LogP contribution in [0.5, 0.6) is 5.75 Å². The molecule has 0 radical (unpaired) electrons. The summed E-state index contributed by atoms with van der Waals surface area (Å²) in [6.07, 6.45) is 0.153. The predicted molar refractivity (Wildman–Crippen MR) is 89.1 cm³/mol. The zero-order valence-electron chi connectivity index (χ0n) is 14.0. The van der Waals surface area contributed by atoms with E-state index in [4.69, 9.17) is 19.9 Å². The molecule has 0 bridgehead atoms. The number of nitrogens with two attached hydrogens (primary N) is 1. The Morgan fingerprint density at radius 1 is 1.21 bits per heavy atom. The molecule has 7 nitrogen and oxygen atoms in total. The Balaban J connectivity index is 2.47. The molecule has 1 heterocycles. The molecule has 0 aliphatic heterocycles. The second kappa shape index (κ2) is 7.83. The van der Waals surface area contributed by atoms with Crippen molar-refractivity contribution in [1.29, 1.82) is 0 Å². The van der Waals surface area contributed by atoms with Crippen molar-refractivity contribution in [2.45, 2.75) is 26.3 Å². The second-order valence-electron chi connectivity index (χ2n) is 5.17. The van der Waals surface area contributed by atoms with Gasteiger partial charge in [0.15, 0.2) is 0 Å². The lowest BCUT2D eigenvalue weighted by atomic mass is 10.0. The minimum absolute atomic E-state index is 0.153. The van der Waals surface area contributed by atoms with Crippen molar-refractivity contribution in [2.75, 3.05) is 20.3 Å². The molecule has 0 saturated heterocycles. The standard InChI is InChI=1S/C17H22N2O5/c1-4-23-16(20)13(18)9-12-11-8-10(22-3)6-7-14(11)19-15(12)17(21)24-5-2/h6-8,13,19H,4-5,9,18H2,1-3H3. The van der Waals surface area contributed by atoms with E-state index in [1.165, 1.54) is 0 Å². The number of rotatable bonds is 7. The van der Waals surface area contributed by atoms with E-state index < -0.39 is 18.0 Å². The van der Waals surface area contributed by atoms with Crippen molar-refractivity contribution < 1.29 is 23.8 Å². The van der Waals surface area contributed by atoms with Gasteiger partial charge in [-0.2, -0.15) is 0 Å². The molecule has 130 valence electrons. The molecule has 0 spiro atoms. The van der Waals surface area contributed by atoms with Crippen LogP contribution in [-0.4, -0.2) is 43.3 Å². The number of aromatic nitrogens is 1. The van der Waals surface area contributed by atoms with Crippen molar-refractivity contribution in [2.24, 2.45) is 5.73 Å². The maximum Gasteiger partial charge on any atom is 0.355 e. The lowest BCUT2D eigenvalue weighted by Crippen LogP contribution is -2.34. The number of carbonyl (C=O) groups excluding carboxylic acids is 2. The van der Waals surface area contributed by atoms with Gasteiger partial charge in [0.05, 0.1) is 20.3 Å². The highest BCUT2D eigenvalue weighted by Crippen LogP contribution is 2.28. The van der Waals surface area contributed by atoms with Crippen LogP contribution in [0, 0.1) is 0 Å². The lowest BCUT2D eigenvalue weighted by molar-refractivity contribution is -0.144. The number of methoxy groups -OCH3 is 1. The molecule has 0 fully saturated rings. The van der Waals surface area contributed by atoms with E-state index >= 15 is 0 Å². The fourth-order valence-corrected chi connectivity index (χ4v) is 2.50. The first-order valence-electron chi connectivity index (χ1n) is 7.79. The van der Waals surface area contributed by atoms with Crippen LogP contribution in [0.1, 0.15) is 29.9 Å². The number of esters is 2. The third-order valence-corrected chi connectivity index (χ3v) is 3.61. The summed E-state index contributed by atoms with van der Waals surface area (Å²) >= 11 is 0. The van der Waals surface area contributed by atoms with Crippen molar-refractivity contribution in [3.63, 3.8) is 0 Å². The van der Waals surface area contributed by atoms with E-state index in [9.17, 15) is 9.59 Å². The summed E-state index contributed by atoms with van der Waals surface area (Å²) in [5, 5.41) is 0.761. The molecular weight excluding hydrogens is 312 g/mol. The number of benzene rings is 1. The van der Waals surface area contributed by atoms with Crippen molar-refractivity contribution in [3.05, 3.63) is 29.5 Å². The van der Waals surface area contributed by atoms with Crippen LogP contribution in [0.2, 0.25) is 0 Å². The Labute approximate surface area is 140 Å². The average Bonchev–Trinajstić information content (AvgIpc) is 2.93. The molecule has 7 heteroatoms. The van der Waals surface area contributed by atoms with E-state index in [0.717, 1.165) is 10.9 Å². The highest BCUT2D eigenvalue weighted by molar-refractivity contribution is 5.99. The largest absolute Gasteiger partial charge is 0.497 e. The van der Waals surface area contributed by atoms with Gasteiger partial charge in [0, 0.05) is 17.3 Å². The van der Waals surface area contributed by atoms with E-state index in [2.05, 4.69) is 4.98 Å². The van der Waals surface area contributed by atoms with Gasteiger partial charge in [-0.05, 0) is 37.6 Å². The average molecular weight is 334 g/mol. The molecule has 1 unspecified atom stereocenters. The number of H-pyrrole nitrogens is 1. The lowest BCUT2D eigenvalue weighted by Gasteiger charge is -2.11. The SMILES string of the molecule is CCOC(=O)c1[nH]c2ccc(OC)cc2c1CC(N)C(=O)OCC. The van der Waals surface area contributed by atoms with Crippen LogP contribution in [0.3, 0.4) is 0 Å². The first-order chi connectivity index (χ1) is 11.5. The van der Waals surface area contributed by atoms with Crippen molar-refractivity contribution in [3.8, 4) is 5.75 Å². The fraction of sp³-hybridized carbons (Fsp3) is 0.412.